The predicted molar refractivity (Wildman–Crippen MR) is 215 cm³/mol. The lowest BCUT2D eigenvalue weighted by Gasteiger charge is -2.29. The van der Waals surface area contributed by atoms with Crippen LogP contribution in [0.15, 0.2) is 12.2 Å². The standard InChI is InChI=1S/C42H85N2O6P/c1-6-8-10-12-14-16-18-20-21-22-23-24-26-28-30-32-34-36-42(46)43-40(39-50-51(47,48)49-38-37-44(3,4)5)41(45)35-33-31-29-27-25-19-17-15-13-11-9-7-2/h33,35,40-41,45H,6-32,34,36-39H2,1-5H3,(H-,43,46,47,48)/b35-33+/t40-,41+/m0/s1. The molecule has 51 heavy (non-hydrogen) atoms. The van der Waals surface area contributed by atoms with Crippen molar-refractivity contribution in [3.8, 4) is 0 Å². The summed E-state index contributed by atoms with van der Waals surface area (Å²) in [5.74, 6) is -0.196. The molecule has 0 aliphatic carbocycles. The van der Waals surface area contributed by atoms with Gasteiger partial charge in [0.15, 0.2) is 0 Å². The van der Waals surface area contributed by atoms with E-state index in [-0.39, 0.29) is 19.1 Å². The van der Waals surface area contributed by atoms with Gasteiger partial charge in [0.05, 0.1) is 39.9 Å². The van der Waals surface area contributed by atoms with E-state index < -0.39 is 20.0 Å². The topological polar surface area (TPSA) is 108 Å². The Labute approximate surface area is 316 Å². The van der Waals surface area contributed by atoms with Gasteiger partial charge in [-0.1, -0.05) is 187 Å². The van der Waals surface area contributed by atoms with E-state index in [0.717, 1.165) is 38.5 Å². The number of phosphoric ester groups is 1. The molecule has 0 bridgehead atoms. The molecule has 0 aromatic rings. The van der Waals surface area contributed by atoms with Crippen molar-refractivity contribution in [3.63, 3.8) is 0 Å². The smallest absolute Gasteiger partial charge is 0.268 e. The van der Waals surface area contributed by atoms with Gasteiger partial charge in [-0.05, 0) is 19.3 Å². The van der Waals surface area contributed by atoms with E-state index >= 15 is 0 Å². The van der Waals surface area contributed by atoms with Crippen molar-refractivity contribution >= 4 is 13.7 Å². The Morgan fingerprint density at radius 2 is 1.06 bits per heavy atom. The number of amides is 1. The van der Waals surface area contributed by atoms with Crippen LogP contribution in [-0.2, 0) is 18.4 Å². The number of hydrogen-bond donors (Lipinski definition) is 2. The minimum absolute atomic E-state index is 0.00191. The molecule has 0 spiro atoms. The summed E-state index contributed by atoms with van der Waals surface area (Å²) in [5, 5.41) is 13.7. The summed E-state index contributed by atoms with van der Waals surface area (Å²) >= 11 is 0. The number of hydrogen-bond acceptors (Lipinski definition) is 6. The number of rotatable bonds is 39. The minimum atomic E-state index is -4.58. The average Bonchev–Trinajstić information content (AvgIpc) is 3.07. The maximum absolute atomic E-state index is 12.8. The SMILES string of the molecule is CCCCCCCCCCCC/C=C/[C@@H](O)[C@H](COP(=O)([O-])OCC[N+](C)(C)C)NC(=O)CCCCCCCCCCCCCCCCCCC. The number of aliphatic hydroxyl groups is 1. The first kappa shape index (κ1) is 50.2. The average molecular weight is 745 g/mol. The van der Waals surface area contributed by atoms with Gasteiger partial charge < -0.3 is 28.8 Å². The number of unbranched alkanes of at least 4 members (excludes halogenated alkanes) is 26. The number of nitrogens with zero attached hydrogens (tertiary/aromatic N) is 1. The summed E-state index contributed by atoms with van der Waals surface area (Å²) in [5.41, 5.74) is 0. The molecule has 0 aromatic heterocycles. The van der Waals surface area contributed by atoms with Crippen molar-refractivity contribution in [3.05, 3.63) is 12.2 Å². The fraction of sp³-hybridized carbons (Fsp3) is 0.929. The van der Waals surface area contributed by atoms with E-state index in [1.165, 1.54) is 141 Å². The summed E-state index contributed by atoms with van der Waals surface area (Å²) in [4.78, 5) is 25.2. The lowest BCUT2D eigenvalue weighted by atomic mass is 10.0. The molecule has 0 saturated carbocycles. The van der Waals surface area contributed by atoms with Gasteiger partial charge in [-0.25, -0.2) is 0 Å². The molecule has 0 rings (SSSR count). The predicted octanol–water partition coefficient (Wildman–Crippen LogP) is 10.9. The summed E-state index contributed by atoms with van der Waals surface area (Å²) in [6, 6.07) is -0.878. The maximum Gasteiger partial charge on any atom is 0.268 e. The van der Waals surface area contributed by atoms with E-state index in [9.17, 15) is 19.4 Å². The molecule has 304 valence electrons. The van der Waals surface area contributed by atoms with Gasteiger partial charge in [0.25, 0.3) is 7.82 Å². The molecule has 0 saturated heterocycles. The largest absolute Gasteiger partial charge is 0.756 e. The van der Waals surface area contributed by atoms with Crippen molar-refractivity contribution in [1.82, 2.24) is 5.32 Å². The number of likely N-dealkylation sites (N-methyl/N-ethyl adjacent to an activating group) is 1. The van der Waals surface area contributed by atoms with Crippen molar-refractivity contribution in [2.24, 2.45) is 0 Å². The molecule has 0 heterocycles. The molecule has 0 fully saturated rings. The molecule has 0 aliphatic heterocycles. The Kier molecular flexibility index (Phi) is 34.5. The van der Waals surface area contributed by atoms with Crippen LogP contribution >= 0.6 is 7.82 Å². The molecular formula is C42H85N2O6P. The summed E-state index contributed by atoms with van der Waals surface area (Å²) in [6.07, 6.45) is 38.2. The third-order valence-corrected chi connectivity index (χ3v) is 10.7. The molecule has 3 atom stereocenters. The van der Waals surface area contributed by atoms with E-state index in [1.54, 1.807) is 6.08 Å². The van der Waals surface area contributed by atoms with E-state index in [0.29, 0.717) is 17.4 Å². The van der Waals surface area contributed by atoms with Crippen LogP contribution in [0.5, 0.6) is 0 Å². The third-order valence-electron chi connectivity index (χ3n) is 9.75. The van der Waals surface area contributed by atoms with E-state index in [2.05, 4.69) is 19.2 Å². The third kappa shape index (κ3) is 37.4. The van der Waals surface area contributed by atoms with Crippen LogP contribution in [0, 0.1) is 0 Å². The number of phosphoric acid groups is 1. The van der Waals surface area contributed by atoms with E-state index in [4.69, 9.17) is 9.05 Å². The van der Waals surface area contributed by atoms with Crippen LogP contribution in [0.25, 0.3) is 0 Å². The molecule has 9 heteroatoms. The van der Waals surface area contributed by atoms with Crippen molar-refractivity contribution in [2.75, 3.05) is 40.9 Å². The molecule has 0 aromatic carbocycles. The Bertz CT molecular complexity index is 850. The van der Waals surface area contributed by atoms with Crippen molar-refractivity contribution in [2.45, 2.75) is 212 Å². The number of quaternary nitrogens is 1. The van der Waals surface area contributed by atoms with Gasteiger partial charge in [-0.15, -0.1) is 0 Å². The number of allylic oxidation sites excluding steroid dienone is 1. The van der Waals surface area contributed by atoms with Gasteiger partial charge in [-0.3, -0.25) is 9.36 Å². The van der Waals surface area contributed by atoms with Crippen molar-refractivity contribution < 1.29 is 32.9 Å². The second kappa shape index (κ2) is 35.0. The number of carbonyl (C=O) groups is 1. The highest BCUT2D eigenvalue weighted by atomic mass is 31.2. The lowest BCUT2D eigenvalue weighted by molar-refractivity contribution is -0.870. The fourth-order valence-electron chi connectivity index (χ4n) is 6.27. The summed E-state index contributed by atoms with van der Waals surface area (Å²) in [6.45, 7) is 4.64. The zero-order chi connectivity index (χ0) is 37.9. The number of nitrogens with one attached hydrogen (secondary N) is 1. The molecule has 0 aliphatic rings. The van der Waals surface area contributed by atoms with Gasteiger partial charge in [-0.2, -0.15) is 0 Å². The van der Waals surface area contributed by atoms with Crippen molar-refractivity contribution in [1.29, 1.82) is 0 Å². The van der Waals surface area contributed by atoms with Crippen LogP contribution < -0.4 is 10.2 Å². The Balaban J connectivity index is 4.39. The zero-order valence-corrected chi connectivity index (χ0v) is 35.2. The summed E-state index contributed by atoms with van der Waals surface area (Å²) < 4.78 is 23.1. The van der Waals surface area contributed by atoms with Gasteiger partial charge in [0, 0.05) is 6.42 Å². The summed E-state index contributed by atoms with van der Waals surface area (Å²) in [7, 11) is 1.27. The maximum atomic E-state index is 12.8. The number of aliphatic hydroxyl groups excluding tert-OH is 1. The Morgan fingerprint density at radius 1 is 0.667 bits per heavy atom. The molecule has 1 unspecified atom stereocenters. The Hall–Kier alpha value is -0.760. The van der Waals surface area contributed by atoms with Crippen LogP contribution in [0.1, 0.15) is 200 Å². The first-order valence-electron chi connectivity index (χ1n) is 21.6. The monoisotopic (exact) mass is 745 g/mol. The van der Waals surface area contributed by atoms with Gasteiger partial charge >= 0.3 is 0 Å². The van der Waals surface area contributed by atoms with Crippen LogP contribution in [0.3, 0.4) is 0 Å². The first-order valence-corrected chi connectivity index (χ1v) is 23.0. The highest BCUT2D eigenvalue weighted by Crippen LogP contribution is 2.38. The first-order chi connectivity index (χ1) is 24.5. The highest BCUT2D eigenvalue weighted by molar-refractivity contribution is 7.45. The second-order valence-corrected chi connectivity index (χ2v) is 17.5. The van der Waals surface area contributed by atoms with Crippen LogP contribution in [-0.4, -0.2) is 68.5 Å². The highest BCUT2D eigenvalue weighted by Gasteiger charge is 2.23. The molecule has 2 N–H and O–H groups in total. The second-order valence-electron chi connectivity index (χ2n) is 16.1. The molecule has 0 radical (unpaired) electrons. The van der Waals surface area contributed by atoms with Crippen LogP contribution in [0.4, 0.5) is 0 Å². The van der Waals surface area contributed by atoms with Crippen LogP contribution in [0.2, 0.25) is 0 Å². The van der Waals surface area contributed by atoms with Gasteiger partial charge in [0.1, 0.15) is 13.2 Å². The molecule has 8 nitrogen and oxygen atoms in total. The minimum Gasteiger partial charge on any atom is -0.756 e. The number of carbonyl (C=O) groups excluding carboxylic acids is 1. The zero-order valence-electron chi connectivity index (χ0n) is 34.3. The quantitative estimate of drug-likeness (QED) is 0.0281. The Morgan fingerprint density at radius 3 is 1.47 bits per heavy atom. The fourth-order valence-corrected chi connectivity index (χ4v) is 6.99. The van der Waals surface area contributed by atoms with E-state index in [1.807, 2.05) is 27.2 Å². The molecular weight excluding hydrogens is 659 g/mol. The normalized spacial score (nSPS) is 14.6. The van der Waals surface area contributed by atoms with Gasteiger partial charge in [0.2, 0.25) is 5.91 Å². The lowest BCUT2D eigenvalue weighted by Crippen LogP contribution is -2.45. The molecule has 1 amide bonds.